The maximum Gasteiger partial charge on any atom is 0.0718 e. The molecular weight excluding hydrogens is 162 g/mol. The Labute approximate surface area is 80.9 Å². The number of rotatable bonds is 2. The summed E-state index contributed by atoms with van der Waals surface area (Å²) >= 11 is 0. The van der Waals surface area contributed by atoms with Gasteiger partial charge in [0, 0.05) is 18.6 Å². The lowest BCUT2D eigenvalue weighted by molar-refractivity contribution is 0.00629. The molecule has 2 aliphatic rings. The van der Waals surface area contributed by atoms with Crippen LogP contribution in [-0.2, 0) is 0 Å². The van der Waals surface area contributed by atoms with E-state index in [2.05, 4.69) is 4.90 Å². The fourth-order valence-electron chi connectivity index (χ4n) is 2.93. The molecule has 0 aromatic carbocycles. The van der Waals surface area contributed by atoms with Crippen molar-refractivity contribution in [1.82, 2.24) is 4.90 Å². The second-order valence-corrected chi connectivity index (χ2v) is 5.30. The molecular formula is C11H21NO. The highest BCUT2D eigenvalue weighted by atomic mass is 16.3. The molecule has 0 spiro atoms. The van der Waals surface area contributed by atoms with E-state index in [9.17, 15) is 5.11 Å². The van der Waals surface area contributed by atoms with Gasteiger partial charge in [-0.2, -0.15) is 0 Å². The minimum absolute atomic E-state index is 0.516. The zero-order chi connectivity index (χ0) is 9.47. The van der Waals surface area contributed by atoms with Crippen molar-refractivity contribution in [3.8, 4) is 0 Å². The molecule has 2 atom stereocenters. The van der Waals surface area contributed by atoms with E-state index in [4.69, 9.17) is 0 Å². The van der Waals surface area contributed by atoms with Gasteiger partial charge in [0.25, 0.3) is 0 Å². The summed E-state index contributed by atoms with van der Waals surface area (Å²) in [5.41, 5.74) is -0.516. The number of piperidine rings is 1. The van der Waals surface area contributed by atoms with Crippen LogP contribution in [0.25, 0.3) is 0 Å². The van der Waals surface area contributed by atoms with Crippen LogP contribution >= 0.6 is 0 Å². The SMILES string of the molecule is CC(C)(O)CN1C2CCCC1CC2. The first kappa shape index (κ1) is 9.47. The molecule has 76 valence electrons. The number of hydrogen-bond acceptors (Lipinski definition) is 2. The van der Waals surface area contributed by atoms with Crippen molar-refractivity contribution in [2.75, 3.05) is 6.54 Å². The van der Waals surface area contributed by atoms with Crippen molar-refractivity contribution in [3.63, 3.8) is 0 Å². The average molecular weight is 183 g/mol. The van der Waals surface area contributed by atoms with Gasteiger partial charge in [0.2, 0.25) is 0 Å². The van der Waals surface area contributed by atoms with Crippen LogP contribution in [0, 0.1) is 0 Å². The number of nitrogens with zero attached hydrogens (tertiary/aromatic N) is 1. The minimum atomic E-state index is -0.516. The Balaban J connectivity index is 1.99. The standard InChI is InChI=1S/C11H21NO/c1-11(2,13)8-12-9-4-3-5-10(12)7-6-9/h9-10,13H,3-8H2,1-2H3. The van der Waals surface area contributed by atoms with E-state index in [-0.39, 0.29) is 0 Å². The van der Waals surface area contributed by atoms with E-state index < -0.39 is 5.60 Å². The van der Waals surface area contributed by atoms with Crippen LogP contribution in [-0.4, -0.2) is 34.2 Å². The predicted molar refractivity (Wildman–Crippen MR) is 53.7 cm³/mol. The highest BCUT2D eigenvalue weighted by Crippen LogP contribution is 2.36. The molecule has 0 aromatic heterocycles. The summed E-state index contributed by atoms with van der Waals surface area (Å²) in [4.78, 5) is 2.55. The highest BCUT2D eigenvalue weighted by Gasteiger charge is 2.38. The summed E-state index contributed by atoms with van der Waals surface area (Å²) in [6, 6.07) is 1.57. The molecule has 0 aliphatic carbocycles. The first-order chi connectivity index (χ1) is 6.06. The topological polar surface area (TPSA) is 23.5 Å². The number of hydrogen-bond donors (Lipinski definition) is 1. The Morgan fingerprint density at radius 1 is 1.15 bits per heavy atom. The third-order valence-corrected chi connectivity index (χ3v) is 3.42. The monoisotopic (exact) mass is 183 g/mol. The van der Waals surface area contributed by atoms with E-state index in [1.165, 1.54) is 32.1 Å². The van der Waals surface area contributed by atoms with Gasteiger partial charge < -0.3 is 5.11 Å². The summed E-state index contributed by atoms with van der Waals surface area (Å²) in [5, 5.41) is 9.79. The molecule has 2 heterocycles. The molecule has 2 nitrogen and oxygen atoms in total. The molecule has 2 saturated heterocycles. The van der Waals surface area contributed by atoms with Crippen molar-refractivity contribution < 1.29 is 5.11 Å². The van der Waals surface area contributed by atoms with E-state index in [1.54, 1.807) is 0 Å². The van der Waals surface area contributed by atoms with Crippen molar-refractivity contribution in [3.05, 3.63) is 0 Å². The van der Waals surface area contributed by atoms with E-state index in [1.807, 2.05) is 13.8 Å². The van der Waals surface area contributed by atoms with Crippen LogP contribution in [0.5, 0.6) is 0 Å². The fraction of sp³-hybridized carbons (Fsp3) is 1.00. The Hall–Kier alpha value is -0.0800. The lowest BCUT2D eigenvalue weighted by atomic mass is 10.00. The molecule has 2 heteroatoms. The van der Waals surface area contributed by atoms with Crippen LogP contribution in [0.2, 0.25) is 0 Å². The van der Waals surface area contributed by atoms with Gasteiger partial charge in [0.1, 0.15) is 0 Å². The second-order valence-electron chi connectivity index (χ2n) is 5.30. The highest BCUT2D eigenvalue weighted by molar-refractivity contribution is 4.93. The summed E-state index contributed by atoms with van der Waals surface area (Å²) in [6.45, 7) is 4.70. The second kappa shape index (κ2) is 3.25. The summed E-state index contributed by atoms with van der Waals surface area (Å²) in [6.07, 6.45) is 6.83. The Morgan fingerprint density at radius 2 is 1.69 bits per heavy atom. The van der Waals surface area contributed by atoms with Gasteiger partial charge in [0.15, 0.2) is 0 Å². The number of fused-ring (bicyclic) bond motifs is 2. The van der Waals surface area contributed by atoms with Crippen molar-refractivity contribution in [2.24, 2.45) is 0 Å². The third kappa shape index (κ3) is 2.05. The van der Waals surface area contributed by atoms with Gasteiger partial charge in [-0.1, -0.05) is 6.42 Å². The maximum atomic E-state index is 9.79. The average Bonchev–Trinajstić information content (AvgIpc) is 2.29. The summed E-state index contributed by atoms with van der Waals surface area (Å²) in [5.74, 6) is 0. The third-order valence-electron chi connectivity index (χ3n) is 3.42. The lowest BCUT2D eigenvalue weighted by Gasteiger charge is -2.38. The Bertz CT molecular complexity index is 169. The number of aliphatic hydroxyl groups is 1. The van der Waals surface area contributed by atoms with E-state index >= 15 is 0 Å². The van der Waals surface area contributed by atoms with Crippen LogP contribution in [0.1, 0.15) is 46.0 Å². The Morgan fingerprint density at radius 3 is 2.15 bits per heavy atom. The largest absolute Gasteiger partial charge is 0.389 e. The molecule has 2 unspecified atom stereocenters. The van der Waals surface area contributed by atoms with E-state index in [0.29, 0.717) is 0 Å². The maximum absolute atomic E-state index is 9.79. The molecule has 0 saturated carbocycles. The summed E-state index contributed by atoms with van der Waals surface area (Å²) < 4.78 is 0. The molecule has 1 N–H and O–H groups in total. The first-order valence-electron chi connectivity index (χ1n) is 5.54. The van der Waals surface area contributed by atoms with Gasteiger partial charge in [-0.3, -0.25) is 4.90 Å². The molecule has 13 heavy (non-hydrogen) atoms. The quantitative estimate of drug-likeness (QED) is 0.705. The van der Waals surface area contributed by atoms with Gasteiger partial charge >= 0.3 is 0 Å². The van der Waals surface area contributed by atoms with Crippen molar-refractivity contribution in [2.45, 2.75) is 63.6 Å². The zero-order valence-corrected chi connectivity index (χ0v) is 8.79. The van der Waals surface area contributed by atoms with Crippen LogP contribution in [0.3, 0.4) is 0 Å². The molecule has 0 aromatic rings. The minimum Gasteiger partial charge on any atom is -0.389 e. The van der Waals surface area contributed by atoms with E-state index in [0.717, 1.165) is 18.6 Å². The van der Waals surface area contributed by atoms with Crippen LogP contribution < -0.4 is 0 Å². The van der Waals surface area contributed by atoms with Gasteiger partial charge in [-0.05, 0) is 39.5 Å². The van der Waals surface area contributed by atoms with Crippen LogP contribution in [0.4, 0.5) is 0 Å². The van der Waals surface area contributed by atoms with Gasteiger partial charge in [0.05, 0.1) is 5.60 Å². The predicted octanol–water partition coefficient (Wildman–Crippen LogP) is 1.77. The van der Waals surface area contributed by atoms with Gasteiger partial charge in [-0.25, -0.2) is 0 Å². The van der Waals surface area contributed by atoms with Crippen molar-refractivity contribution >= 4 is 0 Å². The van der Waals surface area contributed by atoms with Crippen LogP contribution in [0.15, 0.2) is 0 Å². The molecule has 2 rings (SSSR count). The molecule has 0 radical (unpaired) electrons. The first-order valence-corrected chi connectivity index (χ1v) is 5.54. The van der Waals surface area contributed by atoms with Crippen molar-refractivity contribution in [1.29, 1.82) is 0 Å². The molecule has 0 amide bonds. The zero-order valence-electron chi connectivity index (χ0n) is 8.79. The molecule has 2 fully saturated rings. The lowest BCUT2D eigenvalue weighted by Crippen LogP contribution is -2.47. The molecule has 2 aliphatic heterocycles. The normalized spacial score (nSPS) is 35.3. The summed E-state index contributed by atoms with van der Waals surface area (Å²) in [7, 11) is 0. The molecule has 2 bridgehead atoms. The fourth-order valence-corrected chi connectivity index (χ4v) is 2.93. The smallest absolute Gasteiger partial charge is 0.0718 e. The Kier molecular flexibility index (Phi) is 2.37. The van der Waals surface area contributed by atoms with Gasteiger partial charge in [-0.15, -0.1) is 0 Å².